The fourth-order valence-corrected chi connectivity index (χ4v) is 4.40. The van der Waals surface area contributed by atoms with Gasteiger partial charge in [-0.3, -0.25) is 4.90 Å². The number of aliphatic hydroxyl groups is 1. The number of rotatable bonds is 3. The van der Waals surface area contributed by atoms with E-state index in [4.69, 9.17) is 9.47 Å². The summed E-state index contributed by atoms with van der Waals surface area (Å²) in [5.41, 5.74) is -2.90. The third kappa shape index (κ3) is 4.24. The van der Waals surface area contributed by atoms with Crippen molar-refractivity contribution in [2.75, 3.05) is 13.2 Å². The van der Waals surface area contributed by atoms with Gasteiger partial charge in [0.2, 0.25) is 0 Å². The first-order chi connectivity index (χ1) is 14.7. The molecule has 0 aliphatic carbocycles. The molecule has 2 aliphatic heterocycles. The van der Waals surface area contributed by atoms with Crippen molar-refractivity contribution in [3.63, 3.8) is 0 Å². The van der Waals surface area contributed by atoms with Crippen LogP contribution in [0.5, 0.6) is 0 Å². The highest BCUT2D eigenvalue weighted by Gasteiger charge is 2.51. The number of piperidine rings is 1. The molecule has 2 atom stereocenters. The van der Waals surface area contributed by atoms with E-state index in [1.54, 1.807) is 0 Å². The van der Waals surface area contributed by atoms with Crippen LogP contribution in [0.3, 0.4) is 0 Å². The standard InChI is InChI=1S/C22H21F4NO4/c23-19-17(7-4-8-18(19)22(24,25)26)21(29)9-15-12-30-13-16(10-21)27(15)20(28)31-11-14-5-2-1-3-6-14/h1-8,15-16,29H,9-13H2. The smallest absolute Gasteiger partial charge is 0.419 e. The van der Waals surface area contributed by atoms with Crippen LogP contribution in [0.25, 0.3) is 0 Å². The van der Waals surface area contributed by atoms with Crippen LogP contribution in [0.1, 0.15) is 29.5 Å². The molecule has 5 nitrogen and oxygen atoms in total. The number of halogens is 4. The average molecular weight is 439 g/mol. The topological polar surface area (TPSA) is 59.0 Å². The number of amides is 1. The fourth-order valence-electron chi connectivity index (χ4n) is 4.40. The Balaban J connectivity index is 1.55. The van der Waals surface area contributed by atoms with E-state index in [1.165, 1.54) is 4.90 Å². The largest absolute Gasteiger partial charge is 0.445 e. The van der Waals surface area contributed by atoms with E-state index >= 15 is 0 Å². The Morgan fingerprint density at radius 1 is 1.10 bits per heavy atom. The van der Waals surface area contributed by atoms with Crippen molar-refractivity contribution in [2.24, 2.45) is 0 Å². The summed E-state index contributed by atoms with van der Waals surface area (Å²) >= 11 is 0. The maximum absolute atomic E-state index is 14.7. The third-order valence-electron chi connectivity index (χ3n) is 5.78. The van der Waals surface area contributed by atoms with Crippen molar-refractivity contribution in [3.8, 4) is 0 Å². The highest BCUT2D eigenvalue weighted by Crippen LogP contribution is 2.44. The summed E-state index contributed by atoms with van der Waals surface area (Å²) in [6.07, 6.45) is -5.81. The van der Waals surface area contributed by atoms with Crippen LogP contribution >= 0.6 is 0 Å². The minimum absolute atomic E-state index is 0.0585. The second-order valence-corrected chi connectivity index (χ2v) is 7.90. The van der Waals surface area contributed by atoms with E-state index in [2.05, 4.69) is 0 Å². The van der Waals surface area contributed by atoms with Gasteiger partial charge in [-0.1, -0.05) is 42.5 Å². The Morgan fingerprint density at radius 3 is 2.35 bits per heavy atom. The van der Waals surface area contributed by atoms with E-state index in [1.807, 2.05) is 30.3 Å². The molecule has 2 unspecified atom stereocenters. The van der Waals surface area contributed by atoms with Crippen molar-refractivity contribution in [1.29, 1.82) is 0 Å². The summed E-state index contributed by atoms with van der Waals surface area (Å²) in [5, 5.41) is 11.2. The zero-order valence-electron chi connectivity index (χ0n) is 16.4. The molecule has 2 heterocycles. The number of hydrogen-bond acceptors (Lipinski definition) is 4. The Bertz CT molecular complexity index is 936. The molecular weight excluding hydrogens is 418 g/mol. The molecular formula is C22H21F4NO4. The minimum Gasteiger partial charge on any atom is -0.445 e. The molecule has 0 spiro atoms. The van der Waals surface area contributed by atoms with Crippen LogP contribution in [0.15, 0.2) is 48.5 Å². The fraction of sp³-hybridized carbons (Fsp3) is 0.409. The SMILES string of the molecule is O=C(OCc1ccccc1)N1C2COCC1CC(O)(c1cccc(C(F)(F)F)c1F)C2. The van der Waals surface area contributed by atoms with E-state index in [0.717, 1.165) is 17.7 Å². The van der Waals surface area contributed by atoms with Crippen LogP contribution in [-0.2, 0) is 27.9 Å². The van der Waals surface area contributed by atoms with Crippen LogP contribution in [-0.4, -0.2) is 41.4 Å². The van der Waals surface area contributed by atoms with Gasteiger partial charge in [-0.05, 0) is 11.6 Å². The van der Waals surface area contributed by atoms with Gasteiger partial charge in [0.25, 0.3) is 0 Å². The number of fused-ring (bicyclic) bond motifs is 2. The van der Waals surface area contributed by atoms with Crippen LogP contribution in [0.4, 0.5) is 22.4 Å². The van der Waals surface area contributed by atoms with E-state index < -0.39 is 46.9 Å². The van der Waals surface area contributed by atoms with Gasteiger partial charge >= 0.3 is 12.3 Å². The van der Waals surface area contributed by atoms with Crippen molar-refractivity contribution in [1.82, 2.24) is 4.90 Å². The molecule has 9 heteroatoms. The number of alkyl halides is 3. The first kappa shape index (κ1) is 21.6. The van der Waals surface area contributed by atoms with Crippen LogP contribution < -0.4 is 0 Å². The van der Waals surface area contributed by atoms with Gasteiger partial charge in [-0.25, -0.2) is 9.18 Å². The van der Waals surface area contributed by atoms with E-state index in [0.29, 0.717) is 6.07 Å². The number of carbonyl (C=O) groups excluding carboxylic acids is 1. The molecule has 2 aromatic rings. The zero-order chi connectivity index (χ0) is 22.2. The van der Waals surface area contributed by atoms with Gasteiger partial charge in [-0.2, -0.15) is 13.2 Å². The van der Waals surface area contributed by atoms with Crippen molar-refractivity contribution < 1.29 is 36.9 Å². The third-order valence-corrected chi connectivity index (χ3v) is 5.78. The number of ether oxygens (including phenoxy) is 2. The molecule has 0 saturated carbocycles. The summed E-state index contributed by atoms with van der Waals surface area (Å²) in [4.78, 5) is 14.2. The first-order valence-corrected chi connectivity index (χ1v) is 9.84. The van der Waals surface area contributed by atoms with Crippen molar-refractivity contribution in [3.05, 3.63) is 71.0 Å². The Hall–Kier alpha value is -2.65. The normalized spacial score (nSPS) is 25.9. The lowest BCUT2D eigenvalue weighted by atomic mass is 9.76. The lowest BCUT2D eigenvalue weighted by Gasteiger charge is -2.51. The first-order valence-electron chi connectivity index (χ1n) is 9.84. The number of nitrogens with zero attached hydrogens (tertiary/aromatic N) is 1. The summed E-state index contributed by atoms with van der Waals surface area (Å²) < 4.78 is 65.0. The van der Waals surface area contributed by atoms with Gasteiger partial charge < -0.3 is 14.6 Å². The molecule has 2 fully saturated rings. The van der Waals surface area contributed by atoms with E-state index in [9.17, 15) is 27.5 Å². The molecule has 2 saturated heterocycles. The predicted molar refractivity (Wildman–Crippen MR) is 101 cm³/mol. The lowest BCUT2D eigenvalue weighted by Crippen LogP contribution is -2.62. The number of hydrogen-bond donors (Lipinski definition) is 1. The van der Waals surface area contributed by atoms with E-state index in [-0.39, 0.29) is 32.7 Å². The average Bonchev–Trinajstić information content (AvgIpc) is 2.71. The second kappa shape index (κ2) is 8.12. The second-order valence-electron chi connectivity index (χ2n) is 7.90. The van der Waals surface area contributed by atoms with Crippen molar-refractivity contribution in [2.45, 2.75) is 43.3 Å². The summed E-state index contributed by atoms with van der Waals surface area (Å²) in [7, 11) is 0. The van der Waals surface area contributed by atoms with Gasteiger partial charge in [-0.15, -0.1) is 0 Å². The summed E-state index contributed by atoms with van der Waals surface area (Å²) in [6, 6.07) is 10.6. The Morgan fingerprint density at radius 2 is 1.74 bits per heavy atom. The molecule has 1 N–H and O–H groups in total. The number of morpholine rings is 1. The van der Waals surface area contributed by atoms with Crippen molar-refractivity contribution >= 4 is 6.09 Å². The minimum atomic E-state index is -4.88. The molecule has 0 radical (unpaired) electrons. The molecule has 166 valence electrons. The quantitative estimate of drug-likeness (QED) is 0.728. The van der Waals surface area contributed by atoms with Gasteiger partial charge in [0.05, 0.1) is 36.5 Å². The number of carbonyl (C=O) groups is 1. The maximum atomic E-state index is 14.7. The molecule has 1 amide bonds. The molecule has 31 heavy (non-hydrogen) atoms. The molecule has 2 aromatic carbocycles. The van der Waals surface area contributed by atoms with Gasteiger partial charge in [0.1, 0.15) is 12.4 Å². The maximum Gasteiger partial charge on any atom is 0.419 e. The Labute approximate surface area is 176 Å². The summed E-state index contributed by atoms with van der Waals surface area (Å²) in [5.74, 6) is -1.49. The van der Waals surface area contributed by atoms with Gasteiger partial charge in [0, 0.05) is 18.4 Å². The highest BCUT2D eigenvalue weighted by atomic mass is 19.4. The molecule has 4 rings (SSSR count). The zero-order valence-corrected chi connectivity index (χ0v) is 16.4. The van der Waals surface area contributed by atoms with Crippen LogP contribution in [0.2, 0.25) is 0 Å². The molecule has 2 bridgehead atoms. The van der Waals surface area contributed by atoms with Gasteiger partial charge in [0.15, 0.2) is 0 Å². The Kier molecular flexibility index (Phi) is 5.65. The number of benzene rings is 2. The van der Waals surface area contributed by atoms with Crippen LogP contribution in [0, 0.1) is 5.82 Å². The monoisotopic (exact) mass is 439 g/mol. The predicted octanol–water partition coefficient (Wildman–Crippen LogP) is 4.23. The lowest BCUT2D eigenvalue weighted by molar-refractivity contribution is -0.144. The summed E-state index contributed by atoms with van der Waals surface area (Å²) in [6.45, 7) is 0.197. The molecule has 2 aliphatic rings. The highest BCUT2D eigenvalue weighted by molar-refractivity contribution is 5.69. The molecule has 0 aromatic heterocycles.